The molecule has 0 fully saturated rings. The summed E-state index contributed by atoms with van der Waals surface area (Å²) in [5.74, 6) is 2.89. The lowest BCUT2D eigenvalue weighted by Crippen LogP contribution is -2.15. The van der Waals surface area contributed by atoms with E-state index in [0.29, 0.717) is 23.9 Å². The molecule has 1 aliphatic heterocycles. The predicted molar refractivity (Wildman–Crippen MR) is 104 cm³/mol. The second-order valence-corrected chi connectivity index (χ2v) is 6.71. The molecule has 0 spiro atoms. The SMILES string of the molecule is COc1cccc(OC)c1OC.OC1CCOc2cc3c(cc21)CCCC3. The fourth-order valence-electron chi connectivity index (χ4n) is 3.62. The Bertz CT molecular complexity index is 749. The summed E-state index contributed by atoms with van der Waals surface area (Å²) >= 11 is 0. The maximum absolute atomic E-state index is 9.88. The van der Waals surface area contributed by atoms with Crippen molar-refractivity contribution in [2.45, 2.75) is 38.2 Å². The molecule has 0 aromatic heterocycles. The maximum Gasteiger partial charge on any atom is 0.203 e. The Morgan fingerprint density at radius 3 is 2.15 bits per heavy atom. The van der Waals surface area contributed by atoms with Crippen molar-refractivity contribution in [1.82, 2.24) is 0 Å². The van der Waals surface area contributed by atoms with Crippen LogP contribution in [0.2, 0.25) is 0 Å². The van der Waals surface area contributed by atoms with Crippen molar-refractivity contribution in [2.75, 3.05) is 27.9 Å². The summed E-state index contributed by atoms with van der Waals surface area (Å²) in [6, 6.07) is 9.79. The van der Waals surface area contributed by atoms with Crippen molar-refractivity contribution in [3.05, 3.63) is 47.0 Å². The molecule has 1 unspecified atom stereocenters. The summed E-state index contributed by atoms with van der Waals surface area (Å²) in [7, 11) is 4.77. The number of aliphatic hydroxyl groups excluding tert-OH is 1. The van der Waals surface area contributed by atoms with Gasteiger partial charge >= 0.3 is 0 Å². The number of aryl methyl sites for hydroxylation is 2. The summed E-state index contributed by atoms with van der Waals surface area (Å²) in [5.41, 5.74) is 3.85. The quantitative estimate of drug-likeness (QED) is 0.879. The summed E-state index contributed by atoms with van der Waals surface area (Å²) < 4.78 is 20.9. The fraction of sp³-hybridized carbons (Fsp3) is 0.455. The summed E-state index contributed by atoms with van der Waals surface area (Å²) in [6.07, 6.45) is 5.31. The van der Waals surface area contributed by atoms with E-state index >= 15 is 0 Å². The molecule has 0 radical (unpaired) electrons. The summed E-state index contributed by atoms with van der Waals surface area (Å²) in [4.78, 5) is 0. The molecule has 5 heteroatoms. The monoisotopic (exact) mass is 372 g/mol. The van der Waals surface area contributed by atoms with E-state index in [4.69, 9.17) is 18.9 Å². The second kappa shape index (κ2) is 9.00. The highest BCUT2D eigenvalue weighted by molar-refractivity contribution is 5.51. The van der Waals surface area contributed by atoms with Crippen LogP contribution >= 0.6 is 0 Å². The van der Waals surface area contributed by atoms with Crippen molar-refractivity contribution in [1.29, 1.82) is 0 Å². The molecule has 146 valence electrons. The topological polar surface area (TPSA) is 57.2 Å². The first-order chi connectivity index (χ1) is 13.2. The van der Waals surface area contributed by atoms with Gasteiger partial charge in [-0.2, -0.15) is 0 Å². The number of ether oxygens (including phenoxy) is 4. The van der Waals surface area contributed by atoms with Crippen LogP contribution in [0.1, 0.15) is 42.1 Å². The highest BCUT2D eigenvalue weighted by atomic mass is 16.5. The molecule has 0 bridgehead atoms. The Labute approximate surface area is 160 Å². The molecule has 0 saturated heterocycles. The van der Waals surface area contributed by atoms with Gasteiger partial charge in [0, 0.05) is 12.0 Å². The maximum atomic E-state index is 9.88. The van der Waals surface area contributed by atoms with Crippen molar-refractivity contribution < 1.29 is 24.1 Å². The van der Waals surface area contributed by atoms with E-state index in [1.807, 2.05) is 18.2 Å². The van der Waals surface area contributed by atoms with E-state index < -0.39 is 0 Å². The molecule has 1 heterocycles. The molecule has 2 aromatic rings. The van der Waals surface area contributed by atoms with Crippen LogP contribution in [0.25, 0.3) is 0 Å². The number of fused-ring (bicyclic) bond motifs is 2. The third kappa shape index (κ3) is 4.30. The normalized spacial score (nSPS) is 17.4. The fourth-order valence-corrected chi connectivity index (χ4v) is 3.62. The standard InChI is InChI=1S/C13H16O2.C9H12O3/c14-12-5-6-15-13-8-10-4-2-1-3-9(10)7-11(12)13;1-10-7-5-4-6-8(11-2)9(7)12-3/h7-8,12,14H,1-6H2;4-6H,1-3H3. The highest BCUT2D eigenvalue weighted by Gasteiger charge is 2.22. The van der Waals surface area contributed by atoms with Crippen LogP contribution < -0.4 is 18.9 Å². The Balaban J connectivity index is 0.000000161. The van der Waals surface area contributed by atoms with Gasteiger partial charge in [-0.3, -0.25) is 0 Å². The molecule has 2 aromatic carbocycles. The van der Waals surface area contributed by atoms with Crippen molar-refractivity contribution >= 4 is 0 Å². The Morgan fingerprint density at radius 2 is 1.56 bits per heavy atom. The Hall–Kier alpha value is -2.40. The van der Waals surface area contributed by atoms with Gasteiger partial charge < -0.3 is 24.1 Å². The largest absolute Gasteiger partial charge is 0.493 e. The zero-order valence-electron chi connectivity index (χ0n) is 16.3. The third-order valence-corrected chi connectivity index (χ3v) is 5.07. The van der Waals surface area contributed by atoms with Gasteiger partial charge in [-0.1, -0.05) is 6.07 Å². The van der Waals surface area contributed by atoms with Crippen LogP contribution in [0.4, 0.5) is 0 Å². The van der Waals surface area contributed by atoms with Crippen molar-refractivity contribution in [3.63, 3.8) is 0 Å². The molecule has 27 heavy (non-hydrogen) atoms. The molecule has 0 amide bonds. The van der Waals surface area contributed by atoms with Gasteiger partial charge in [0.1, 0.15) is 5.75 Å². The zero-order valence-corrected chi connectivity index (χ0v) is 16.3. The van der Waals surface area contributed by atoms with E-state index in [-0.39, 0.29) is 6.10 Å². The summed E-state index contributed by atoms with van der Waals surface area (Å²) in [6.45, 7) is 0.646. The van der Waals surface area contributed by atoms with E-state index in [0.717, 1.165) is 24.2 Å². The van der Waals surface area contributed by atoms with Gasteiger partial charge in [0.2, 0.25) is 5.75 Å². The summed E-state index contributed by atoms with van der Waals surface area (Å²) in [5, 5.41) is 9.88. The minimum atomic E-state index is -0.319. The van der Waals surface area contributed by atoms with Crippen LogP contribution in [-0.2, 0) is 12.8 Å². The van der Waals surface area contributed by atoms with E-state index in [9.17, 15) is 5.11 Å². The van der Waals surface area contributed by atoms with E-state index in [2.05, 4.69) is 12.1 Å². The van der Waals surface area contributed by atoms with Gasteiger partial charge in [-0.15, -0.1) is 0 Å². The predicted octanol–water partition coefficient (Wildman–Crippen LogP) is 4.09. The van der Waals surface area contributed by atoms with Crippen molar-refractivity contribution in [3.8, 4) is 23.0 Å². The molecule has 2 aliphatic rings. The Kier molecular flexibility index (Phi) is 6.45. The van der Waals surface area contributed by atoms with Crippen molar-refractivity contribution in [2.24, 2.45) is 0 Å². The van der Waals surface area contributed by atoms with Gasteiger partial charge in [0.25, 0.3) is 0 Å². The minimum Gasteiger partial charge on any atom is -0.493 e. The zero-order chi connectivity index (χ0) is 19.2. The Morgan fingerprint density at radius 1 is 0.926 bits per heavy atom. The average molecular weight is 372 g/mol. The number of hydrogen-bond acceptors (Lipinski definition) is 5. The number of rotatable bonds is 3. The molecule has 1 aliphatic carbocycles. The lowest BCUT2D eigenvalue weighted by Gasteiger charge is -2.26. The lowest BCUT2D eigenvalue weighted by molar-refractivity contribution is 0.115. The second-order valence-electron chi connectivity index (χ2n) is 6.71. The van der Waals surface area contributed by atoms with Crippen LogP contribution in [-0.4, -0.2) is 33.0 Å². The first-order valence-electron chi connectivity index (χ1n) is 9.39. The lowest BCUT2D eigenvalue weighted by atomic mass is 9.88. The van der Waals surface area contributed by atoms with Gasteiger partial charge in [0.05, 0.1) is 34.0 Å². The number of aliphatic hydroxyl groups is 1. The number of hydrogen-bond donors (Lipinski definition) is 1. The third-order valence-electron chi connectivity index (χ3n) is 5.07. The van der Waals surface area contributed by atoms with Gasteiger partial charge in [0.15, 0.2) is 11.5 Å². The van der Waals surface area contributed by atoms with Crippen LogP contribution in [0.5, 0.6) is 23.0 Å². The van der Waals surface area contributed by atoms with Crippen LogP contribution in [0.3, 0.4) is 0 Å². The number of methoxy groups -OCH3 is 3. The molecule has 4 rings (SSSR count). The smallest absolute Gasteiger partial charge is 0.203 e. The van der Waals surface area contributed by atoms with E-state index in [1.165, 1.54) is 30.4 Å². The molecule has 1 atom stereocenters. The molecular weight excluding hydrogens is 344 g/mol. The van der Waals surface area contributed by atoms with Gasteiger partial charge in [-0.05, 0) is 61.1 Å². The molecule has 0 saturated carbocycles. The highest BCUT2D eigenvalue weighted by Crippen LogP contribution is 2.37. The van der Waals surface area contributed by atoms with Crippen LogP contribution in [0.15, 0.2) is 30.3 Å². The first-order valence-corrected chi connectivity index (χ1v) is 9.39. The minimum absolute atomic E-state index is 0.319. The van der Waals surface area contributed by atoms with Gasteiger partial charge in [-0.25, -0.2) is 0 Å². The van der Waals surface area contributed by atoms with Crippen LogP contribution in [0, 0.1) is 0 Å². The first kappa shape index (κ1) is 19.4. The number of para-hydroxylation sites is 1. The van der Waals surface area contributed by atoms with E-state index in [1.54, 1.807) is 21.3 Å². The molecule has 5 nitrogen and oxygen atoms in total. The number of benzene rings is 2. The molecular formula is C22H28O5. The average Bonchev–Trinajstić information content (AvgIpc) is 2.72. The molecule has 1 N–H and O–H groups in total.